The van der Waals surface area contributed by atoms with Crippen LogP contribution in [0.4, 0.5) is 0 Å². The summed E-state index contributed by atoms with van der Waals surface area (Å²) in [5.41, 5.74) is 0.616. The number of hydrogen-bond acceptors (Lipinski definition) is 4. The van der Waals surface area contributed by atoms with Gasteiger partial charge in [-0.25, -0.2) is 0 Å². The van der Waals surface area contributed by atoms with Crippen LogP contribution in [0.1, 0.15) is 36.5 Å². The highest BCUT2D eigenvalue weighted by molar-refractivity contribution is 5.96. The van der Waals surface area contributed by atoms with Crippen LogP contribution in [0.25, 0.3) is 0 Å². The molecule has 0 radical (unpaired) electrons. The topological polar surface area (TPSA) is 52.6 Å². The van der Waals surface area contributed by atoms with Gasteiger partial charge in [0.05, 0.1) is 13.7 Å². The lowest BCUT2D eigenvalue weighted by Gasteiger charge is -2.05. The molecule has 0 aromatic heterocycles. The monoisotopic (exact) mass is 250 g/mol. The number of ketones is 1. The van der Waals surface area contributed by atoms with Gasteiger partial charge >= 0.3 is 5.97 Å². The lowest BCUT2D eigenvalue weighted by Crippen LogP contribution is -2.04. The summed E-state index contributed by atoms with van der Waals surface area (Å²) < 4.78 is 9.85. The van der Waals surface area contributed by atoms with Crippen LogP contribution in [0.3, 0.4) is 0 Å². The summed E-state index contributed by atoms with van der Waals surface area (Å²) in [6.45, 7) is 2.46. The van der Waals surface area contributed by atoms with Crippen molar-refractivity contribution in [3.05, 3.63) is 29.8 Å². The standard InChI is InChI=1S/C14H18O4/c1-3-18-12-7-4-6-11(10-12)13(15)8-5-9-14(16)17-2/h4,6-7,10H,3,5,8-9H2,1-2H3. The predicted octanol–water partition coefficient (Wildman–Crippen LogP) is 2.61. The van der Waals surface area contributed by atoms with Crippen molar-refractivity contribution in [2.45, 2.75) is 26.2 Å². The quantitative estimate of drug-likeness (QED) is 0.551. The molecule has 0 saturated heterocycles. The Bertz CT molecular complexity index is 412. The molecule has 0 unspecified atom stereocenters. The second kappa shape index (κ2) is 7.48. The first-order chi connectivity index (χ1) is 8.67. The summed E-state index contributed by atoms with van der Waals surface area (Å²) >= 11 is 0. The van der Waals surface area contributed by atoms with E-state index in [9.17, 15) is 9.59 Å². The van der Waals surface area contributed by atoms with Gasteiger partial charge in [0.15, 0.2) is 5.78 Å². The Morgan fingerprint density at radius 3 is 2.67 bits per heavy atom. The molecule has 0 aliphatic rings. The number of benzene rings is 1. The molecule has 1 rings (SSSR count). The molecule has 4 heteroatoms. The molecule has 1 aromatic carbocycles. The van der Waals surface area contributed by atoms with Crippen LogP contribution in [0.15, 0.2) is 24.3 Å². The Kier molecular flexibility index (Phi) is 5.91. The molecule has 18 heavy (non-hydrogen) atoms. The van der Waals surface area contributed by atoms with Gasteiger partial charge in [0.1, 0.15) is 5.75 Å². The number of esters is 1. The van der Waals surface area contributed by atoms with Crippen molar-refractivity contribution in [1.82, 2.24) is 0 Å². The number of ether oxygens (including phenoxy) is 2. The number of Topliss-reactive ketones (excluding diaryl/α,β-unsaturated/α-hetero) is 1. The summed E-state index contributed by atoms with van der Waals surface area (Å²) in [6, 6.07) is 7.08. The van der Waals surface area contributed by atoms with Crippen molar-refractivity contribution >= 4 is 11.8 Å². The SMILES string of the molecule is CCOc1cccc(C(=O)CCCC(=O)OC)c1. The molecule has 0 heterocycles. The van der Waals surface area contributed by atoms with Crippen LogP contribution in [-0.4, -0.2) is 25.5 Å². The van der Waals surface area contributed by atoms with E-state index < -0.39 is 0 Å². The van der Waals surface area contributed by atoms with Crippen molar-refractivity contribution in [2.24, 2.45) is 0 Å². The van der Waals surface area contributed by atoms with Gasteiger partial charge < -0.3 is 9.47 Å². The summed E-state index contributed by atoms with van der Waals surface area (Å²) in [5.74, 6) is 0.419. The lowest BCUT2D eigenvalue weighted by molar-refractivity contribution is -0.140. The zero-order valence-corrected chi connectivity index (χ0v) is 10.8. The third-order valence-electron chi connectivity index (χ3n) is 2.48. The maximum Gasteiger partial charge on any atom is 0.305 e. The fourth-order valence-corrected chi connectivity index (χ4v) is 1.57. The number of methoxy groups -OCH3 is 1. The first kappa shape index (κ1) is 14.2. The van der Waals surface area contributed by atoms with Gasteiger partial charge in [-0.2, -0.15) is 0 Å². The van der Waals surface area contributed by atoms with Gasteiger partial charge in [-0.1, -0.05) is 12.1 Å². The van der Waals surface area contributed by atoms with E-state index in [1.54, 1.807) is 18.2 Å². The van der Waals surface area contributed by atoms with Crippen molar-refractivity contribution in [3.8, 4) is 5.75 Å². The van der Waals surface area contributed by atoms with E-state index >= 15 is 0 Å². The second-order valence-electron chi connectivity index (χ2n) is 3.81. The molecule has 0 atom stereocenters. The maximum atomic E-state index is 11.9. The number of carbonyl (C=O) groups is 2. The van der Waals surface area contributed by atoms with Crippen LogP contribution in [0, 0.1) is 0 Å². The fraction of sp³-hybridized carbons (Fsp3) is 0.429. The summed E-state index contributed by atoms with van der Waals surface area (Å²) in [4.78, 5) is 22.8. The van der Waals surface area contributed by atoms with E-state index in [-0.39, 0.29) is 18.2 Å². The van der Waals surface area contributed by atoms with Crippen molar-refractivity contribution in [3.63, 3.8) is 0 Å². The normalized spacial score (nSPS) is 9.89. The van der Waals surface area contributed by atoms with Crippen LogP contribution >= 0.6 is 0 Å². The van der Waals surface area contributed by atoms with Crippen molar-refractivity contribution < 1.29 is 19.1 Å². The van der Waals surface area contributed by atoms with Gasteiger partial charge in [0.2, 0.25) is 0 Å². The molecule has 0 fully saturated rings. The minimum atomic E-state index is -0.286. The first-order valence-electron chi connectivity index (χ1n) is 6.00. The van der Waals surface area contributed by atoms with E-state index in [2.05, 4.69) is 4.74 Å². The minimum absolute atomic E-state index is 0.0143. The highest BCUT2D eigenvalue weighted by Gasteiger charge is 2.08. The molecule has 4 nitrogen and oxygen atoms in total. The Morgan fingerprint density at radius 2 is 2.00 bits per heavy atom. The maximum absolute atomic E-state index is 11.9. The van der Waals surface area contributed by atoms with Crippen LogP contribution in [0.5, 0.6) is 5.75 Å². The Balaban J connectivity index is 2.50. The molecule has 0 bridgehead atoms. The first-order valence-corrected chi connectivity index (χ1v) is 6.00. The van der Waals surface area contributed by atoms with Gasteiger partial charge in [-0.15, -0.1) is 0 Å². The molecular formula is C14H18O4. The summed E-state index contributed by atoms with van der Waals surface area (Å²) in [5, 5.41) is 0. The molecule has 1 aromatic rings. The van der Waals surface area contributed by atoms with E-state index in [0.29, 0.717) is 30.8 Å². The molecule has 0 aliphatic carbocycles. The molecule has 0 amide bonds. The predicted molar refractivity (Wildman–Crippen MR) is 67.8 cm³/mol. The van der Waals surface area contributed by atoms with E-state index in [1.807, 2.05) is 13.0 Å². The van der Waals surface area contributed by atoms with Gasteiger partial charge in [-0.05, 0) is 25.5 Å². The van der Waals surface area contributed by atoms with Gasteiger partial charge in [0, 0.05) is 18.4 Å². The third kappa shape index (κ3) is 4.57. The minimum Gasteiger partial charge on any atom is -0.494 e. The summed E-state index contributed by atoms with van der Waals surface area (Å²) in [6.07, 6.45) is 1.11. The highest BCUT2D eigenvalue weighted by Crippen LogP contribution is 2.15. The average molecular weight is 250 g/mol. The molecule has 0 N–H and O–H groups in total. The van der Waals surface area contributed by atoms with Crippen LogP contribution < -0.4 is 4.74 Å². The van der Waals surface area contributed by atoms with Gasteiger partial charge in [-0.3, -0.25) is 9.59 Å². The lowest BCUT2D eigenvalue weighted by atomic mass is 10.1. The van der Waals surface area contributed by atoms with Crippen LogP contribution in [0.2, 0.25) is 0 Å². The molecule has 98 valence electrons. The number of hydrogen-bond donors (Lipinski definition) is 0. The van der Waals surface area contributed by atoms with Gasteiger partial charge in [0.25, 0.3) is 0 Å². The van der Waals surface area contributed by atoms with E-state index in [0.717, 1.165) is 0 Å². The fourth-order valence-electron chi connectivity index (χ4n) is 1.57. The summed E-state index contributed by atoms with van der Waals surface area (Å²) in [7, 11) is 1.34. The zero-order valence-electron chi connectivity index (χ0n) is 10.8. The van der Waals surface area contributed by atoms with Crippen molar-refractivity contribution in [1.29, 1.82) is 0 Å². The Morgan fingerprint density at radius 1 is 1.22 bits per heavy atom. The van der Waals surface area contributed by atoms with E-state index in [1.165, 1.54) is 7.11 Å². The largest absolute Gasteiger partial charge is 0.494 e. The average Bonchev–Trinajstić information content (AvgIpc) is 2.39. The Labute approximate surface area is 107 Å². The Hall–Kier alpha value is -1.84. The highest BCUT2D eigenvalue weighted by atomic mass is 16.5. The molecule has 0 spiro atoms. The second-order valence-corrected chi connectivity index (χ2v) is 3.81. The van der Waals surface area contributed by atoms with E-state index in [4.69, 9.17) is 4.74 Å². The molecule has 0 aliphatic heterocycles. The molecular weight excluding hydrogens is 232 g/mol. The number of rotatable bonds is 7. The molecule has 0 saturated carbocycles. The van der Waals surface area contributed by atoms with Crippen molar-refractivity contribution in [2.75, 3.05) is 13.7 Å². The third-order valence-corrected chi connectivity index (χ3v) is 2.48. The van der Waals surface area contributed by atoms with Crippen LogP contribution in [-0.2, 0) is 9.53 Å². The zero-order chi connectivity index (χ0) is 13.4. The smallest absolute Gasteiger partial charge is 0.305 e. The number of carbonyl (C=O) groups excluding carboxylic acids is 2.